The van der Waals surface area contributed by atoms with Crippen LogP contribution in [0.15, 0.2) is 91.0 Å². The van der Waals surface area contributed by atoms with Crippen LogP contribution in [0.25, 0.3) is 22.3 Å². The SMILES string of the molecule is CC(Oc1ccc(C(=O)NCCC(=O)O)cc1)c1cc(-c2ccc(OC(F)(F)F)cc2)ccc1-c1ccc(F)cc1. The Morgan fingerprint density at radius 2 is 1.41 bits per heavy atom. The number of carbonyl (C=O) groups is 2. The number of benzene rings is 4. The van der Waals surface area contributed by atoms with Crippen molar-refractivity contribution in [3.05, 3.63) is 108 Å². The molecule has 4 rings (SSSR count). The predicted molar refractivity (Wildman–Crippen MR) is 144 cm³/mol. The van der Waals surface area contributed by atoms with Crippen molar-refractivity contribution in [2.45, 2.75) is 25.8 Å². The van der Waals surface area contributed by atoms with E-state index in [-0.39, 0.29) is 24.5 Å². The molecule has 0 spiro atoms. The van der Waals surface area contributed by atoms with Crippen molar-refractivity contribution in [3.8, 4) is 33.8 Å². The van der Waals surface area contributed by atoms with E-state index in [1.807, 2.05) is 25.1 Å². The first kappa shape index (κ1) is 29.1. The number of amides is 1. The Labute approximate surface area is 233 Å². The molecule has 2 N–H and O–H groups in total. The standard InChI is InChI=1S/C31H25F4NO5/c1-19(40-25-11-6-22(7-12-25)30(39)36-17-16-29(37)38)28-18-23(8-15-27(28)21-2-9-24(32)10-3-21)20-4-13-26(14-5-20)41-31(33,34)35/h2-15,18-19H,16-17H2,1H3,(H,36,39)(H,37,38). The summed E-state index contributed by atoms with van der Waals surface area (Å²) in [5, 5.41) is 11.2. The molecule has 4 aromatic rings. The van der Waals surface area contributed by atoms with Gasteiger partial charge in [0.05, 0.1) is 6.42 Å². The molecular weight excluding hydrogens is 542 g/mol. The van der Waals surface area contributed by atoms with Crippen LogP contribution in [0.2, 0.25) is 0 Å². The third-order valence-electron chi connectivity index (χ3n) is 6.12. The zero-order chi connectivity index (χ0) is 29.6. The Morgan fingerprint density at radius 1 is 0.829 bits per heavy atom. The largest absolute Gasteiger partial charge is 0.573 e. The normalized spacial score (nSPS) is 11.9. The number of nitrogens with one attached hydrogen (secondary N) is 1. The molecule has 0 aromatic heterocycles. The molecular formula is C31H25F4NO5. The number of hydrogen-bond donors (Lipinski definition) is 2. The summed E-state index contributed by atoms with van der Waals surface area (Å²) in [6, 6.07) is 23.3. The van der Waals surface area contributed by atoms with Gasteiger partial charge in [0.15, 0.2) is 0 Å². The summed E-state index contributed by atoms with van der Waals surface area (Å²) >= 11 is 0. The maximum absolute atomic E-state index is 13.6. The van der Waals surface area contributed by atoms with E-state index in [1.54, 1.807) is 36.4 Å². The van der Waals surface area contributed by atoms with E-state index in [0.29, 0.717) is 22.4 Å². The zero-order valence-electron chi connectivity index (χ0n) is 21.7. The second kappa shape index (κ2) is 12.5. The second-order valence-corrected chi connectivity index (χ2v) is 9.07. The first-order valence-electron chi connectivity index (χ1n) is 12.5. The highest BCUT2D eigenvalue weighted by atomic mass is 19.4. The van der Waals surface area contributed by atoms with E-state index in [0.717, 1.165) is 16.7 Å². The van der Waals surface area contributed by atoms with Gasteiger partial charge in [0.25, 0.3) is 5.91 Å². The highest BCUT2D eigenvalue weighted by molar-refractivity contribution is 5.94. The lowest BCUT2D eigenvalue weighted by atomic mass is 9.92. The van der Waals surface area contributed by atoms with Crippen LogP contribution in [0.4, 0.5) is 17.6 Å². The topological polar surface area (TPSA) is 84.9 Å². The Kier molecular flexibility index (Phi) is 8.91. The smallest absolute Gasteiger partial charge is 0.486 e. The number of hydrogen-bond acceptors (Lipinski definition) is 4. The lowest BCUT2D eigenvalue weighted by Crippen LogP contribution is -2.25. The van der Waals surface area contributed by atoms with Gasteiger partial charge in [0, 0.05) is 17.7 Å². The lowest BCUT2D eigenvalue weighted by molar-refractivity contribution is -0.274. The summed E-state index contributed by atoms with van der Waals surface area (Å²) in [5.74, 6) is -1.68. The van der Waals surface area contributed by atoms with Gasteiger partial charge in [-0.15, -0.1) is 13.2 Å². The zero-order valence-corrected chi connectivity index (χ0v) is 21.7. The Hall–Kier alpha value is -4.86. The first-order chi connectivity index (χ1) is 19.5. The number of carboxylic acid groups (broad SMARTS) is 1. The van der Waals surface area contributed by atoms with Crippen molar-refractivity contribution in [1.29, 1.82) is 0 Å². The molecule has 0 saturated heterocycles. The molecule has 0 aliphatic heterocycles. The van der Waals surface area contributed by atoms with Gasteiger partial charge in [-0.2, -0.15) is 0 Å². The summed E-state index contributed by atoms with van der Waals surface area (Å²) < 4.78 is 61.4. The molecule has 0 fully saturated rings. The van der Waals surface area contributed by atoms with E-state index in [4.69, 9.17) is 9.84 Å². The molecule has 1 amide bonds. The van der Waals surface area contributed by atoms with Crippen LogP contribution in [-0.4, -0.2) is 29.9 Å². The van der Waals surface area contributed by atoms with Gasteiger partial charge in [-0.1, -0.05) is 36.4 Å². The van der Waals surface area contributed by atoms with Crippen molar-refractivity contribution < 1.29 is 41.7 Å². The molecule has 0 bridgehead atoms. The average molecular weight is 568 g/mol. The van der Waals surface area contributed by atoms with Gasteiger partial charge in [0.2, 0.25) is 0 Å². The number of ether oxygens (including phenoxy) is 2. The molecule has 41 heavy (non-hydrogen) atoms. The minimum Gasteiger partial charge on any atom is -0.486 e. The molecule has 0 saturated carbocycles. The molecule has 0 radical (unpaired) electrons. The molecule has 212 valence electrons. The van der Waals surface area contributed by atoms with Gasteiger partial charge in [-0.25, -0.2) is 4.39 Å². The third kappa shape index (κ3) is 8.07. The fourth-order valence-electron chi connectivity index (χ4n) is 4.16. The molecule has 10 heteroatoms. The molecule has 1 atom stereocenters. The van der Waals surface area contributed by atoms with Gasteiger partial charge < -0.3 is 19.9 Å². The second-order valence-electron chi connectivity index (χ2n) is 9.07. The van der Waals surface area contributed by atoms with Gasteiger partial charge in [-0.3, -0.25) is 9.59 Å². The summed E-state index contributed by atoms with van der Waals surface area (Å²) in [6.07, 6.45) is -5.51. The maximum atomic E-state index is 13.6. The third-order valence-corrected chi connectivity index (χ3v) is 6.12. The van der Waals surface area contributed by atoms with E-state index in [9.17, 15) is 27.2 Å². The highest BCUT2D eigenvalue weighted by Gasteiger charge is 2.31. The summed E-state index contributed by atoms with van der Waals surface area (Å²) in [6.45, 7) is 1.82. The number of carbonyl (C=O) groups excluding carboxylic acids is 1. The first-order valence-corrected chi connectivity index (χ1v) is 12.5. The number of alkyl halides is 3. The minimum absolute atomic E-state index is 0.00400. The number of carboxylic acids is 1. The fraction of sp³-hybridized carbons (Fsp3) is 0.161. The molecule has 6 nitrogen and oxygen atoms in total. The summed E-state index contributed by atoms with van der Waals surface area (Å²) in [7, 11) is 0. The van der Waals surface area contributed by atoms with E-state index < -0.39 is 24.3 Å². The van der Waals surface area contributed by atoms with Gasteiger partial charge in [0.1, 0.15) is 23.4 Å². The van der Waals surface area contributed by atoms with Crippen molar-refractivity contribution in [2.24, 2.45) is 0 Å². The fourth-order valence-corrected chi connectivity index (χ4v) is 4.16. The van der Waals surface area contributed by atoms with Crippen LogP contribution in [0, 0.1) is 5.82 Å². The van der Waals surface area contributed by atoms with Crippen LogP contribution in [-0.2, 0) is 4.79 Å². The Morgan fingerprint density at radius 3 is 2.02 bits per heavy atom. The lowest BCUT2D eigenvalue weighted by Gasteiger charge is -2.20. The van der Waals surface area contributed by atoms with Crippen LogP contribution in [0.5, 0.6) is 11.5 Å². The monoisotopic (exact) mass is 567 g/mol. The Bertz CT molecular complexity index is 1500. The average Bonchev–Trinajstić information content (AvgIpc) is 2.93. The number of aliphatic carboxylic acids is 1. The van der Waals surface area contributed by atoms with Crippen molar-refractivity contribution in [2.75, 3.05) is 6.54 Å². The van der Waals surface area contributed by atoms with Crippen LogP contribution < -0.4 is 14.8 Å². The molecule has 4 aromatic carbocycles. The van der Waals surface area contributed by atoms with E-state index in [1.165, 1.54) is 36.4 Å². The van der Waals surface area contributed by atoms with Crippen molar-refractivity contribution >= 4 is 11.9 Å². The van der Waals surface area contributed by atoms with Gasteiger partial charge in [-0.05, 0) is 83.8 Å². The number of halogens is 4. The molecule has 0 aliphatic rings. The van der Waals surface area contributed by atoms with Gasteiger partial charge >= 0.3 is 12.3 Å². The molecule has 1 unspecified atom stereocenters. The van der Waals surface area contributed by atoms with Crippen molar-refractivity contribution in [1.82, 2.24) is 5.32 Å². The highest BCUT2D eigenvalue weighted by Crippen LogP contribution is 2.35. The number of rotatable bonds is 10. The van der Waals surface area contributed by atoms with E-state index in [2.05, 4.69) is 10.1 Å². The maximum Gasteiger partial charge on any atom is 0.573 e. The minimum atomic E-state index is -4.79. The van der Waals surface area contributed by atoms with Crippen LogP contribution in [0.3, 0.4) is 0 Å². The summed E-state index contributed by atoms with van der Waals surface area (Å²) in [5.41, 5.74) is 3.95. The predicted octanol–water partition coefficient (Wildman–Crippen LogP) is 7.40. The van der Waals surface area contributed by atoms with Crippen molar-refractivity contribution in [3.63, 3.8) is 0 Å². The quantitative estimate of drug-likeness (QED) is 0.195. The molecule has 0 aliphatic carbocycles. The summed E-state index contributed by atoms with van der Waals surface area (Å²) in [4.78, 5) is 22.9. The van der Waals surface area contributed by atoms with Crippen LogP contribution >= 0.6 is 0 Å². The van der Waals surface area contributed by atoms with Crippen LogP contribution in [0.1, 0.15) is 35.4 Å². The van der Waals surface area contributed by atoms with E-state index >= 15 is 0 Å². The molecule has 0 heterocycles. The Balaban J connectivity index is 1.59.